The van der Waals surface area contributed by atoms with Crippen molar-refractivity contribution in [1.29, 1.82) is 0 Å². The molecule has 3 heteroatoms. The summed E-state index contributed by atoms with van der Waals surface area (Å²) in [7, 11) is 3.73. The van der Waals surface area contributed by atoms with Gasteiger partial charge in [0, 0.05) is 0 Å². The van der Waals surface area contributed by atoms with Crippen molar-refractivity contribution in [2.24, 2.45) is 0 Å². The van der Waals surface area contributed by atoms with Crippen molar-refractivity contribution < 1.29 is 5.11 Å². The first-order valence-electron chi connectivity index (χ1n) is 4.89. The van der Waals surface area contributed by atoms with Gasteiger partial charge in [-0.05, 0) is 18.4 Å². The zero-order chi connectivity index (χ0) is 9.60. The van der Waals surface area contributed by atoms with E-state index in [9.17, 15) is 5.11 Å². The summed E-state index contributed by atoms with van der Waals surface area (Å²) in [5.74, 6) is 0. The number of rotatable bonds is 1. The van der Waals surface area contributed by atoms with Gasteiger partial charge in [-0.15, -0.1) is 0 Å². The number of hydrogen-bond donors (Lipinski definition) is 1. The molecule has 1 spiro atoms. The molecule has 1 N–H and O–H groups in total. The maximum Gasteiger partial charge on any atom is 0.0862 e. The van der Waals surface area contributed by atoms with Gasteiger partial charge in [0.25, 0.3) is 0 Å². The Morgan fingerprint density at radius 3 is 2.50 bits per heavy atom. The molecule has 1 nitrogen and oxygen atoms in total. The smallest absolute Gasteiger partial charge is 0.0862 e. The summed E-state index contributed by atoms with van der Waals surface area (Å²) < 4.78 is 0.213. The standard InChI is InChI=1S/C11H12OS2/c12-10-9(8-4-2-1-3-5-8)13-14-11(10)6-7-11/h1-5,9-10,12H,6-7H2. The quantitative estimate of drug-likeness (QED) is 0.740. The van der Waals surface area contributed by atoms with Gasteiger partial charge in [-0.25, -0.2) is 0 Å². The number of aliphatic hydroxyl groups is 1. The fourth-order valence-electron chi connectivity index (χ4n) is 1.91. The van der Waals surface area contributed by atoms with Gasteiger partial charge >= 0.3 is 0 Å². The van der Waals surface area contributed by atoms with E-state index in [-0.39, 0.29) is 16.1 Å². The Morgan fingerprint density at radius 2 is 1.93 bits per heavy atom. The van der Waals surface area contributed by atoms with Crippen LogP contribution in [0.3, 0.4) is 0 Å². The predicted molar refractivity (Wildman–Crippen MR) is 62.3 cm³/mol. The van der Waals surface area contributed by atoms with Gasteiger partial charge in [-0.2, -0.15) is 0 Å². The van der Waals surface area contributed by atoms with Crippen LogP contribution >= 0.6 is 21.6 Å². The van der Waals surface area contributed by atoms with Crippen molar-refractivity contribution in [3.63, 3.8) is 0 Å². The molecule has 14 heavy (non-hydrogen) atoms. The fraction of sp³-hybridized carbons (Fsp3) is 0.455. The zero-order valence-corrected chi connectivity index (χ0v) is 9.35. The molecule has 2 unspecified atom stereocenters. The summed E-state index contributed by atoms with van der Waals surface area (Å²) in [6.45, 7) is 0. The van der Waals surface area contributed by atoms with E-state index in [1.165, 1.54) is 18.4 Å². The molecule has 2 atom stereocenters. The van der Waals surface area contributed by atoms with Crippen LogP contribution in [0.5, 0.6) is 0 Å². The maximum atomic E-state index is 10.2. The first kappa shape index (κ1) is 9.13. The van der Waals surface area contributed by atoms with E-state index in [0.717, 1.165) is 0 Å². The van der Waals surface area contributed by atoms with Gasteiger partial charge in [0.05, 0.1) is 16.1 Å². The van der Waals surface area contributed by atoms with Gasteiger partial charge in [0.1, 0.15) is 0 Å². The first-order chi connectivity index (χ1) is 6.82. The Kier molecular flexibility index (Phi) is 2.08. The number of hydrogen-bond acceptors (Lipinski definition) is 3. The summed E-state index contributed by atoms with van der Waals surface area (Å²) in [6, 6.07) is 10.3. The van der Waals surface area contributed by atoms with Crippen molar-refractivity contribution in [3.05, 3.63) is 35.9 Å². The van der Waals surface area contributed by atoms with Crippen LogP contribution in [0.15, 0.2) is 30.3 Å². The molecule has 0 aromatic heterocycles. The molecule has 3 rings (SSSR count). The van der Waals surface area contributed by atoms with E-state index in [1.807, 2.05) is 39.8 Å². The molecule has 1 saturated heterocycles. The molecule has 1 heterocycles. The second kappa shape index (κ2) is 3.19. The molecule has 1 aromatic carbocycles. The highest BCUT2D eigenvalue weighted by atomic mass is 33.1. The van der Waals surface area contributed by atoms with Crippen LogP contribution in [0.2, 0.25) is 0 Å². The highest BCUT2D eigenvalue weighted by Crippen LogP contribution is 2.68. The van der Waals surface area contributed by atoms with Crippen LogP contribution in [0.1, 0.15) is 23.7 Å². The average Bonchev–Trinajstić information content (AvgIpc) is 2.93. The Hall–Kier alpha value is -0.120. The van der Waals surface area contributed by atoms with Crippen molar-refractivity contribution in [2.45, 2.75) is 28.9 Å². The lowest BCUT2D eigenvalue weighted by Crippen LogP contribution is -2.23. The molecule has 2 aliphatic rings. The average molecular weight is 224 g/mol. The van der Waals surface area contributed by atoms with E-state index in [2.05, 4.69) is 12.1 Å². The minimum atomic E-state index is -0.153. The third kappa shape index (κ3) is 1.30. The number of aliphatic hydroxyl groups excluding tert-OH is 1. The van der Waals surface area contributed by atoms with E-state index in [0.29, 0.717) is 0 Å². The molecule has 2 fully saturated rings. The summed E-state index contributed by atoms with van der Waals surface area (Å²) >= 11 is 0. The van der Waals surface area contributed by atoms with Crippen molar-refractivity contribution in [3.8, 4) is 0 Å². The molecule has 1 saturated carbocycles. The van der Waals surface area contributed by atoms with Crippen molar-refractivity contribution >= 4 is 21.6 Å². The van der Waals surface area contributed by atoms with Crippen molar-refractivity contribution in [1.82, 2.24) is 0 Å². The largest absolute Gasteiger partial charge is 0.390 e. The molecular formula is C11H12OS2. The lowest BCUT2D eigenvalue weighted by atomic mass is 10.0. The summed E-state index contributed by atoms with van der Waals surface area (Å²) in [4.78, 5) is 0. The lowest BCUT2D eigenvalue weighted by Gasteiger charge is -2.16. The van der Waals surface area contributed by atoms with E-state index < -0.39 is 0 Å². The molecular weight excluding hydrogens is 212 g/mol. The minimum Gasteiger partial charge on any atom is -0.390 e. The topological polar surface area (TPSA) is 20.2 Å². The summed E-state index contributed by atoms with van der Waals surface area (Å²) in [5, 5.41) is 10.5. The molecule has 1 aliphatic heterocycles. The van der Waals surface area contributed by atoms with Crippen LogP contribution in [0.25, 0.3) is 0 Å². The van der Waals surface area contributed by atoms with Gasteiger partial charge in [0.15, 0.2) is 0 Å². The molecule has 0 radical (unpaired) electrons. The summed E-state index contributed by atoms with van der Waals surface area (Å²) in [6.07, 6.45) is 2.23. The van der Waals surface area contributed by atoms with Gasteiger partial charge < -0.3 is 5.11 Å². The molecule has 74 valence electrons. The van der Waals surface area contributed by atoms with Crippen LogP contribution < -0.4 is 0 Å². The highest BCUT2D eigenvalue weighted by molar-refractivity contribution is 8.77. The van der Waals surface area contributed by atoms with E-state index in [4.69, 9.17) is 0 Å². The Balaban J connectivity index is 1.87. The van der Waals surface area contributed by atoms with Crippen molar-refractivity contribution in [2.75, 3.05) is 0 Å². The van der Waals surface area contributed by atoms with Gasteiger partial charge in [-0.1, -0.05) is 51.9 Å². The van der Waals surface area contributed by atoms with E-state index >= 15 is 0 Å². The third-order valence-corrected chi connectivity index (χ3v) is 6.74. The monoisotopic (exact) mass is 224 g/mol. The Labute approximate surface area is 91.7 Å². The molecule has 1 aromatic rings. The van der Waals surface area contributed by atoms with Crippen LogP contribution in [-0.4, -0.2) is 16.0 Å². The van der Waals surface area contributed by atoms with Gasteiger partial charge in [-0.3, -0.25) is 0 Å². The summed E-state index contributed by atoms with van der Waals surface area (Å²) in [5.41, 5.74) is 1.27. The first-order valence-corrected chi connectivity index (χ1v) is 7.11. The maximum absolute atomic E-state index is 10.2. The SMILES string of the molecule is OC1C(c2ccccc2)SSC12CC2. The van der Waals surface area contributed by atoms with Crippen LogP contribution in [-0.2, 0) is 0 Å². The highest BCUT2D eigenvalue weighted by Gasteiger charge is 2.57. The lowest BCUT2D eigenvalue weighted by molar-refractivity contribution is 0.164. The van der Waals surface area contributed by atoms with E-state index in [1.54, 1.807) is 0 Å². The fourth-order valence-corrected chi connectivity index (χ4v) is 5.76. The third-order valence-electron chi connectivity index (χ3n) is 3.01. The Morgan fingerprint density at radius 1 is 1.21 bits per heavy atom. The molecule has 0 amide bonds. The van der Waals surface area contributed by atoms with Crippen LogP contribution in [0.4, 0.5) is 0 Å². The molecule has 1 aliphatic carbocycles. The predicted octanol–water partition coefficient (Wildman–Crippen LogP) is 3.02. The van der Waals surface area contributed by atoms with Gasteiger partial charge in [0.2, 0.25) is 0 Å². The minimum absolute atomic E-state index is 0.153. The second-order valence-electron chi connectivity index (χ2n) is 4.02. The van der Waals surface area contributed by atoms with Crippen LogP contribution in [0, 0.1) is 0 Å². The Bertz CT molecular complexity index is 334. The second-order valence-corrected chi connectivity index (χ2v) is 6.78. The molecule has 0 bridgehead atoms. The number of benzene rings is 1. The normalized spacial score (nSPS) is 33.5. The zero-order valence-electron chi connectivity index (χ0n) is 7.72.